The van der Waals surface area contributed by atoms with Gasteiger partial charge in [0.05, 0.1) is 11.1 Å². The zero-order valence-electron chi connectivity index (χ0n) is 36.0. The van der Waals surface area contributed by atoms with Crippen molar-refractivity contribution in [2.75, 3.05) is 4.90 Å². The van der Waals surface area contributed by atoms with Crippen LogP contribution in [0.3, 0.4) is 0 Å². The molecule has 0 heterocycles. The zero-order valence-corrected chi connectivity index (χ0v) is 36.0. The van der Waals surface area contributed by atoms with Crippen molar-refractivity contribution in [2.45, 2.75) is 19.3 Å². The molecule has 10 aromatic carbocycles. The number of anilines is 3. The minimum Gasteiger partial charge on any atom is -0.310 e. The van der Waals surface area contributed by atoms with Gasteiger partial charge in [-0.3, -0.25) is 0 Å². The van der Waals surface area contributed by atoms with Crippen LogP contribution in [0, 0.1) is 13.8 Å². The van der Waals surface area contributed by atoms with E-state index < -0.39 is 5.41 Å². The molecule has 0 N–H and O–H groups in total. The molecule has 0 atom stereocenters. The molecule has 302 valence electrons. The number of rotatable bonds is 6. The third-order valence-electron chi connectivity index (χ3n) is 13.8. The largest absolute Gasteiger partial charge is 0.310 e. The lowest BCUT2D eigenvalue weighted by Crippen LogP contribution is -2.29. The van der Waals surface area contributed by atoms with E-state index in [1.54, 1.807) is 0 Å². The molecule has 12 rings (SSSR count). The second-order valence-corrected chi connectivity index (χ2v) is 17.2. The highest BCUT2D eigenvalue weighted by Gasteiger charge is 2.50. The maximum atomic E-state index is 2.48. The van der Waals surface area contributed by atoms with Crippen molar-refractivity contribution >= 4 is 17.1 Å². The standard InChI is InChI=1S/C63H45N/c1-42-18-6-7-22-49(42)61-43(2)19-16-28-50(61)46-36-40-48(41-37-46)64(47-38-34-45(35-39-47)44-20-4-3-5-21-44)60-33-17-32-59-62(60)55-27-12-15-31-58(55)63(59)56-29-13-10-25-53(56)51-23-8-9-24-52(51)54-26-11-14-30-57(54)63/h3-41H,1-2H3. The Morgan fingerprint density at radius 1 is 0.266 bits per heavy atom. The van der Waals surface area contributed by atoms with E-state index >= 15 is 0 Å². The molecule has 64 heavy (non-hydrogen) atoms. The monoisotopic (exact) mass is 815 g/mol. The first-order chi connectivity index (χ1) is 31.6. The van der Waals surface area contributed by atoms with Crippen LogP contribution < -0.4 is 4.90 Å². The van der Waals surface area contributed by atoms with Crippen LogP contribution in [0.5, 0.6) is 0 Å². The van der Waals surface area contributed by atoms with E-state index in [0.717, 1.165) is 17.1 Å². The molecule has 0 saturated heterocycles. The van der Waals surface area contributed by atoms with Crippen LogP contribution in [0.1, 0.15) is 33.4 Å². The molecule has 0 radical (unpaired) electrons. The van der Waals surface area contributed by atoms with Gasteiger partial charge in [-0.2, -0.15) is 0 Å². The number of nitrogens with zero attached hydrogens (tertiary/aromatic N) is 1. The summed E-state index contributed by atoms with van der Waals surface area (Å²) in [5, 5.41) is 0. The molecule has 0 aliphatic heterocycles. The fraction of sp³-hybridized carbons (Fsp3) is 0.0476. The summed E-state index contributed by atoms with van der Waals surface area (Å²) in [4.78, 5) is 2.48. The SMILES string of the molecule is Cc1ccccc1-c1c(C)cccc1-c1ccc(N(c2ccc(-c3ccccc3)cc2)c2cccc3c2-c2ccccc2C32c3ccccc3-c3ccccc3-c3ccccc32)cc1. The normalized spacial score (nSPS) is 12.7. The highest BCUT2D eigenvalue weighted by Crippen LogP contribution is 2.63. The van der Waals surface area contributed by atoms with Gasteiger partial charge in [0, 0.05) is 16.9 Å². The fourth-order valence-corrected chi connectivity index (χ4v) is 11.0. The van der Waals surface area contributed by atoms with E-state index in [1.807, 2.05) is 0 Å². The Balaban J connectivity index is 1.10. The molecule has 1 spiro atoms. The highest BCUT2D eigenvalue weighted by atomic mass is 15.1. The highest BCUT2D eigenvalue weighted by molar-refractivity contribution is 6.02. The van der Waals surface area contributed by atoms with Crippen molar-refractivity contribution in [3.63, 3.8) is 0 Å². The minimum absolute atomic E-state index is 0.571. The first kappa shape index (κ1) is 37.7. The smallest absolute Gasteiger partial charge is 0.0726 e. The van der Waals surface area contributed by atoms with Gasteiger partial charge < -0.3 is 4.90 Å². The maximum Gasteiger partial charge on any atom is 0.0726 e. The summed E-state index contributed by atoms with van der Waals surface area (Å²) in [6.45, 7) is 4.44. The van der Waals surface area contributed by atoms with Crippen molar-refractivity contribution in [1.29, 1.82) is 0 Å². The number of fused-ring (bicyclic) bond motifs is 12. The summed E-state index contributed by atoms with van der Waals surface area (Å²) >= 11 is 0. The van der Waals surface area contributed by atoms with Crippen molar-refractivity contribution < 1.29 is 0 Å². The molecule has 2 aliphatic carbocycles. The Hall–Kier alpha value is -8.00. The molecule has 1 nitrogen and oxygen atoms in total. The van der Waals surface area contributed by atoms with E-state index in [9.17, 15) is 0 Å². The summed E-state index contributed by atoms with van der Waals surface area (Å²) in [6, 6.07) is 87.8. The van der Waals surface area contributed by atoms with Gasteiger partial charge in [0.2, 0.25) is 0 Å². The first-order valence-electron chi connectivity index (χ1n) is 22.3. The van der Waals surface area contributed by atoms with E-state index in [-0.39, 0.29) is 0 Å². The third-order valence-corrected chi connectivity index (χ3v) is 13.8. The second kappa shape index (κ2) is 15.1. The van der Waals surface area contributed by atoms with Gasteiger partial charge in [-0.25, -0.2) is 0 Å². The molecule has 0 aromatic heterocycles. The Morgan fingerprint density at radius 3 is 1.30 bits per heavy atom. The summed E-state index contributed by atoms with van der Waals surface area (Å²) in [7, 11) is 0. The maximum absolute atomic E-state index is 2.48. The van der Waals surface area contributed by atoms with Crippen molar-refractivity contribution in [3.8, 4) is 66.8 Å². The predicted octanol–water partition coefficient (Wildman–Crippen LogP) is 16.8. The van der Waals surface area contributed by atoms with E-state index in [0.29, 0.717) is 0 Å². The van der Waals surface area contributed by atoms with Gasteiger partial charge in [-0.1, -0.05) is 206 Å². The molecule has 0 fully saturated rings. The number of hydrogen-bond donors (Lipinski definition) is 0. The fourth-order valence-electron chi connectivity index (χ4n) is 11.0. The average molecular weight is 816 g/mol. The minimum atomic E-state index is -0.571. The van der Waals surface area contributed by atoms with Gasteiger partial charge in [0.15, 0.2) is 0 Å². The van der Waals surface area contributed by atoms with Gasteiger partial charge in [0.25, 0.3) is 0 Å². The Morgan fingerprint density at radius 2 is 0.688 bits per heavy atom. The van der Waals surface area contributed by atoms with Crippen LogP contribution in [0.4, 0.5) is 17.1 Å². The topological polar surface area (TPSA) is 3.24 Å². The molecule has 1 heteroatoms. The molecule has 0 bridgehead atoms. The quantitative estimate of drug-likeness (QED) is 0.162. The third kappa shape index (κ3) is 5.71. The van der Waals surface area contributed by atoms with Crippen molar-refractivity contribution in [2.24, 2.45) is 0 Å². The molecule has 0 unspecified atom stereocenters. The van der Waals surface area contributed by atoms with Gasteiger partial charge in [-0.15, -0.1) is 0 Å². The molecule has 0 saturated carbocycles. The number of hydrogen-bond acceptors (Lipinski definition) is 1. The van der Waals surface area contributed by atoms with Gasteiger partial charge in [0.1, 0.15) is 0 Å². The average Bonchev–Trinajstić information content (AvgIpc) is 3.60. The molecular weight excluding hydrogens is 771 g/mol. The van der Waals surface area contributed by atoms with Crippen LogP contribution in [-0.2, 0) is 5.41 Å². The summed E-state index contributed by atoms with van der Waals surface area (Å²) in [5.41, 5.74) is 25.5. The molecule has 10 aromatic rings. The van der Waals surface area contributed by atoms with Crippen LogP contribution >= 0.6 is 0 Å². The molecule has 2 aliphatic rings. The lowest BCUT2D eigenvalue weighted by molar-refractivity contribution is 0.775. The van der Waals surface area contributed by atoms with Crippen LogP contribution in [0.15, 0.2) is 237 Å². The number of aryl methyl sites for hydroxylation is 2. The number of benzene rings is 10. The van der Waals surface area contributed by atoms with E-state index in [1.165, 1.54) is 100 Å². The first-order valence-corrected chi connectivity index (χ1v) is 22.3. The summed E-state index contributed by atoms with van der Waals surface area (Å²) in [6.07, 6.45) is 0. The van der Waals surface area contributed by atoms with Gasteiger partial charge >= 0.3 is 0 Å². The molecule has 0 amide bonds. The van der Waals surface area contributed by atoms with Crippen LogP contribution in [0.2, 0.25) is 0 Å². The van der Waals surface area contributed by atoms with Crippen LogP contribution in [-0.4, -0.2) is 0 Å². The summed E-state index contributed by atoms with van der Waals surface area (Å²) in [5.74, 6) is 0. The Kier molecular flexibility index (Phi) is 8.91. The zero-order chi connectivity index (χ0) is 42.8. The Labute approximate surface area is 376 Å². The van der Waals surface area contributed by atoms with Crippen LogP contribution in [0.25, 0.3) is 66.8 Å². The molecular formula is C63H45N. The summed E-state index contributed by atoms with van der Waals surface area (Å²) < 4.78 is 0. The lowest BCUT2D eigenvalue weighted by atomic mass is 9.66. The lowest BCUT2D eigenvalue weighted by Gasteiger charge is -2.35. The van der Waals surface area contributed by atoms with Crippen molar-refractivity contribution in [3.05, 3.63) is 270 Å². The van der Waals surface area contributed by atoms with E-state index in [2.05, 4.69) is 255 Å². The van der Waals surface area contributed by atoms with Crippen molar-refractivity contribution in [1.82, 2.24) is 0 Å². The van der Waals surface area contributed by atoms with Gasteiger partial charge in [-0.05, 0) is 139 Å². The van der Waals surface area contributed by atoms with E-state index in [4.69, 9.17) is 0 Å². The Bertz CT molecular complexity index is 3330. The second-order valence-electron chi connectivity index (χ2n) is 17.2. The predicted molar refractivity (Wildman–Crippen MR) is 269 cm³/mol.